The highest BCUT2D eigenvalue weighted by atomic mass is 32.1. The van der Waals surface area contributed by atoms with Crippen molar-refractivity contribution in [2.45, 2.75) is 19.5 Å². The van der Waals surface area contributed by atoms with Crippen molar-refractivity contribution in [3.8, 4) is 0 Å². The lowest BCUT2D eigenvalue weighted by atomic mass is 10.1. The Morgan fingerprint density at radius 1 is 1.40 bits per heavy atom. The molecule has 0 fully saturated rings. The van der Waals surface area contributed by atoms with Crippen molar-refractivity contribution < 1.29 is 4.79 Å². The van der Waals surface area contributed by atoms with Crippen LogP contribution in [0.25, 0.3) is 0 Å². The second-order valence-electron chi connectivity index (χ2n) is 5.08. The van der Waals surface area contributed by atoms with Crippen LogP contribution in [0.1, 0.15) is 23.0 Å². The summed E-state index contributed by atoms with van der Waals surface area (Å²) in [5.74, 6) is -0.0450. The Labute approximate surface area is 122 Å². The fraction of sp³-hybridized carbons (Fsp3) is 0.357. The smallest absolute Gasteiger partial charge is 0.275 e. The molecule has 104 valence electrons. The van der Waals surface area contributed by atoms with Crippen LogP contribution in [0.15, 0.2) is 30.5 Å². The van der Waals surface area contributed by atoms with E-state index in [-0.39, 0.29) is 11.9 Å². The van der Waals surface area contributed by atoms with E-state index in [1.54, 1.807) is 6.20 Å². The van der Waals surface area contributed by atoms with Crippen LogP contribution < -0.4 is 4.90 Å². The molecule has 0 saturated carbocycles. The molecule has 5 nitrogen and oxygen atoms in total. The number of carbonyl (C=O) groups is 1. The highest BCUT2D eigenvalue weighted by Crippen LogP contribution is 2.26. The van der Waals surface area contributed by atoms with Crippen molar-refractivity contribution >= 4 is 23.3 Å². The Balaban J connectivity index is 1.95. The van der Waals surface area contributed by atoms with Crippen LogP contribution in [0, 0.1) is 0 Å². The summed E-state index contributed by atoms with van der Waals surface area (Å²) in [6.07, 6.45) is 1.54. The Morgan fingerprint density at radius 2 is 2.20 bits per heavy atom. The van der Waals surface area contributed by atoms with E-state index in [2.05, 4.69) is 39.8 Å². The van der Waals surface area contributed by atoms with Gasteiger partial charge in [-0.2, -0.15) is 8.75 Å². The van der Waals surface area contributed by atoms with Gasteiger partial charge in [-0.25, -0.2) is 0 Å². The summed E-state index contributed by atoms with van der Waals surface area (Å²) in [5.41, 5.74) is 2.78. The first-order valence-corrected chi connectivity index (χ1v) is 7.27. The number of fused-ring (bicyclic) bond motifs is 1. The van der Waals surface area contributed by atoms with Crippen LogP contribution in [0.3, 0.4) is 0 Å². The molecule has 2 aromatic rings. The maximum absolute atomic E-state index is 12.6. The van der Waals surface area contributed by atoms with Crippen molar-refractivity contribution in [1.82, 2.24) is 13.6 Å². The first-order valence-electron chi connectivity index (χ1n) is 6.54. The van der Waals surface area contributed by atoms with E-state index in [9.17, 15) is 4.79 Å². The highest BCUT2D eigenvalue weighted by Gasteiger charge is 2.28. The Hall–Kier alpha value is -1.95. The zero-order valence-electron chi connectivity index (χ0n) is 11.5. The molecule has 0 radical (unpaired) electrons. The summed E-state index contributed by atoms with van der Waals surface area (Å²) in [5, 5.41) is 0. The molecule has 1 aliphatic heterocycles. The largest absolute Gasteiger partial charge is 0.372 e. The number of hydrogen-bond acceptors (Lipinski definition) is 5. The van der Waals surface area contributed by atoms with E-state index in [1.165, 1.54) is 5.69 Å². The van der Waals surface area contributed by atoms with Gasteiger partial charge in [0.1, 0.15) is 0 Å². The number of rotatable bonds is 1. The number of para-hydroxylation sites is 1. The maximum atomic E-state index is 12.6. The van der Waals surface area contributed by atoms with Gasteiger partial charge in [0, 0.05) is 31.9 Å². The van der Waals surface area contributed by atoms with E-state index in [0.29, 0.717) is 12.2 Å². The molecule has 6 heteroatoms. The minimum atomic E-state index is -0.0450. The van der Waals surface area contributed by atoms with Crippen molar-refractivity contribution in [3.05, 3.63) is 41.7 Å². The molecule has 0 aliphatic carbocycles. The Kier molecular flexibility index (Phi) is 3.40. The predicted molar refractivity (Wildman–Crippen MR) is 79.0 cm³/mol. The van der Waals surface area contributed by atoms with Gasteiger partial charge in [-0.15, -0.1) is 0 Å². The third-order valence-corrected chi connectivity index (χ3v) is 4.13. The molecule has 0 bridgehead atoms. The van der Waals surface area contributed by atoms with Gasteiger partial charge >= 0.3 is 0 Å². The van der Waals surface area contributed by atoms with Gasteiger partial charge in [0.05, 0.1) is 17.9 Å². The van der Waals surface area contributed by atoms with Crippen LogP contribution in [-0.4, -0.2) is 39.2 Å². The predicted octanol–water partition coefficient (Wildman–Crippen LogP) is 2.02. The van der Waals surface area contributed by atoms with E-state index in [0.717, 1.165) is 23.8 Å². The van der Waals surface area contributed by atoms with Gasteiger partial charge < -0.3 is 9.80 Å². The van der Waals surface area contributed by atoms with E-state index in [4.69, 9.17) is 0 Å². The van der Waals surface area contributed by atoms with Gasteiger partial charge in [0.25, 0.3) is 5.91 Å². The topological polar surface area (TPSA) is 49.3 Å². The first kappa shape index (κ1) is 13.1. The number of nitrogens with zero attached hydrogens (tertiary/aromatic N) is 4. The van der Waals surface area contributed by atoms with Crippen LogP contribution in [0.4, 0.5) is 5.69 Å². The van der Waals surface area contributed by atoms with Gasteiger partial charge in [0.2, 0.25) is 0 Å². The van der Waals surface area contributed by atoms with Crippen LogP contribution >= 0.6 is 11.7 Å². The van der Waals surface area contributed by atoms with Crippen LogP contribution in [0.5, 0.6) is 0 Å². The number of likely N-dealkylation sites (N-methyl/N-ethyl adjacent to an activating group) is 1. The molecule has 1 aliphatic rings. The fourth-order valence-electron chi connectivity index (χ4n) is 2.63. The molecule has 1 aromatic heterocycles. The molecule has 20 heavy (non-hydrogen) atoms. The quantitative estimate of drug-likeness (QED) is 0.805. The maximum Gasteiger partial charge on any atom is 0.275 e. The van der Waals surface area contributed by atoms with Crippen molar-refractivity contribution in [2.75, 3.05) is 18.5 Å². The summed E-state index contributed by atoms with van der Waals surface area (Å²) in [6.45, 7) is 3.48. The summed E-state index contributed by atoms with van der Waals surface area (Å²) in [6, 6.07) is 8.34. The second kappa shape index (κ2) is 5.20. The molecule has 0 spiro atoms. The third kappa shape index (κ3) is 2.27. The molecular formula is C14H16N4OS. The van der Waals surface area contributed by atoms with Gasteiger partial charge in [0.15, 0.2) is 5.69 Å². The average Bonchev–Trinajstić information content (AvgIpc) is 2.94. The zero-order chi connectivity index (χ0) is 14.1. The summed E-state index contributed by atoms with van der Waals surface area (Å²) in [4.78, 5) is 16.6. The van der Waals surface area contributed by atoms with Crippen molar-refractivity contribution in [2.24, 2.45) is 0 Å². The normalized spacial score (nSPS) is 18.6. The average molecular weight is 288 g/mol. The molecule has 0 unspecified atom stereocenters. The lowest BCUT2D eigenvalue weighted by Gasteiger charge is -2.27. The molecule has 2 heterocycles. The number of benzene rings is 1. The molecule has 3 rings (SSSR count). The summed E-state index contributed by atoms with van der Waals surface area (Å²) in [7, 11) is 2.06. The molecular weight excluding hydrogens is 272 g/mol. The van der Waals surface area contributed by atoms with E-state index >= 15 is 0 Å². The fourth-order valence-corrected chi connectivity index (χ4v) is 3.03. The number of amides is 1. The SMILES string of the molecule is C[C@@H]1CN(C)c2ccccc2CN1C(=O)c1cnsn1. The van der Waals surface area contributed by atoms with Gasteiger partial charge in [-0.05, 0) is 18.6 Å². The van der Waals surface area contributed by atoms with Crippen molar-refractivity contribution in [1.29, 1.82) is 0 Å². The number of anilines is 1. The minimum absolute atomic E-state index is 0.0450. The van der Waals surface area contributed by atoms with Gasteiger partial charge in [-0.1, -0.05) is 18.2 Å². The molecule has 0 N–H and O–H groups in total. The molecule has 0 saturated heterocycles. The number of hydrogen-bond donors (Lipinski definition) is 0. The number of aromatic nitrogens is 2. The second-order valence-corrected chi connectivity index (χ2v) is 5.64. The molecule has 1 aromatic carbocycles. The van der Waals surface area contributed by atoms with Crippen molar-refractivity contribution in [3.63, 3.8) is 0 Å². The monoisotopic (exact) mass is 288 g/mol. The summed E-state index contributed by atoms with van der Waals surface area (Å²) < 4.78 is 7.98. The molecule has 1 atom stereocenters. The first-order chi connectivity index (χ1) is 9.66. The minimum Gasteiger partial charge on any atom is -0.372 e. The summed E-state index contributed by atoms with van der Waals surface area (Å²) >= 11 is 1.07. The van der Waals surface area contributed by atoms with Crippen LogP contribution in [0.2, 0.25) is 0 Å². The lowest BCUT2D eigenvalue weighted by molar-refractivity contribution is 0.0682. The lowest BCUT2D eigenvalue weighted by Crippen LogP contribution is -2.42. The van der Waals surface area contributed by atoms with E-state index in [1.807, 2.05) is 17.0 Å². The van der Waals surface area contributed by atoms with Crippen LogP contribution in [-0.2, 0) is 6.54 Å². The number of carbonyl (C=O) groups excluding carboxylic acids is 1. The van der Waals surface area contributed by atoms with E-state index < -0.39 is 0 Å². The highest BCUT2D eigenvalue weighted by molar-refractivity contribution is 6.99. The molecule has 1 amide bonds. The van der Waals surface area contributed by atoms with Gasteiger partial charge in [-0.3, -0.25) is 4.79 Å². The standard InChI is InChI=1S/C14H16N4OS/c1-10-8-17(2)13-6-4-3-5-11(13)9-18(10)14(19)12-7-15-20-16-12/h3-7,10H,8-9H2,1-2H3/t10-/m1/s1. The third-order valence-electron chi connectivity index (χ3n) is 3.65. The Morgan fingerprint density at radius 3 is 2.95 bits per heavy atom. The Bertz CT molecular complexity index is 613. The zero-order valence-corrected chi connectivity index (χ0v) is 12.3.